The van der Waals surface area contributed by atoms with Crippen molar-refractivity contribution in [3.8, 4) is 23.0 Å². The third-order valence-corrected chi connectivity index (χ3v) is 5.07. The fourth-order valence-corrected chi connectivity index (χ4v) is 3.39. The lowest BCUT2D eigenvalue weighted by atomic mass is 9.96. The number of hydrogen-bond acceptors (Lipinski definition) is 3. The smallest absolute Gasteiger partial charge is 0.275 e. The van der Waals surface area contributed by atoms with Crippen LogP contribution in [0.1, 0.15) is 37.7 Å². The Kier molecular flexibility index (Phi) is 4.97. The highest BCUT2D eigenvalue weighted by Crippen LogP contribution is 2.26. The summed E-state index contributed by atoms with van der Waals surface area (Å²) in [5, 5.41) is 0.317. The van der Waals surface area contributed by atoms with Crippen LogP contribution in [0.3, 0.4) is 0 Å². The van der Waals surface area contributed by atoms with Crippen molar-refractivity contribution in [1.29, 1.82) is 0 Å². The predicted octanol–water partition coefficient (Wildman–Crippen LogP) is 5.07. The van der Waals surface area contributed by atoms with Crippen molar-refractivity contribution in [3.63, 3.8) is 0 Å². The summed E-state index contributed by atoms with van der Waals surface area (Å²) in [7, 11) is 0. The molecule has 0 N–H and O–H groups in total. The van der Waals surface area contributed by atoms with Gasteiger partial charge < -0.3 is 9.32 Å². The molecule has 5 nitrogen and oxygen atoms in total. The number of furan rings is 1. The Balaban J connectivity index is 1.57. The number of carbonyl (C=O) groups is 1. The number of carbonyl (C=O) groups excluding carboxylic acids is 1. The molecule has 0 aromatic carbocycles. The van der Waals surface area contributed by atoms with E-state index in [1.165, 1.54) is 0 Å². The molecule has 0 saturated carbocycles. The van der Waals surface area contributed by atoms with Crippen LogP contribution in [0.25, 0.3) is 16.8 Å². The maximum absolute atomic E-state index is 13.0. The summed E-state index contributed by atoms with van der Waals surface area (Å²) >= 11 is 6.52. The number of halogens is 1. The van der Waals surface area contributed by atoms with Gasteiger partial charge in [-0.25, -0.2) is 4.98 Å². The molecule has 0 spiro atoms. The first kappa shape index (κ1) is 19.4. The third kappa shape index (κ3) is 4.08. The molecule has 1 aliphatic heterocycles. The van der Waals surface area contributed by atoms with Crippen molar-refractivity contribution in [2.45, 2.75) is 27.2 Å². The van der Waals surface area contributed by atoms with Gasteiger partial charge in [0.1, 0.15) is 10.8 Å². The van der Waals surface area contributed by atoms with Crippen LogP contribution >= 0.6 is 11.6 Å². The van der Waals surface area contributed by atoms with Gasteiger partial charge in [0.05, 0.1) is 12.5 Å². The summed E-state index contributed by atoms with van der Waals surface area (Å²) in [4.78, 5) is 19.2. The van der Waals surface area contributed by atoms with Crippen LogP contribution in [-0.2, 0) is 0 Å². The Labute approximate surface area is 175 Å². The molecule has 1 amide bonds. The molecule has 3 aromatic heterocycles. The van der Waals surface area contributed by atoms with Gasteiger partial charge >= 0.3 is 0 Å². The zero-order valence-corrected chi connectivity index (χ0v) is 17.5. The van der Waals surface area contributed by atoms with Crippen LogP contribution in [0.15, 0.2) is 53.0 Å². The van der Waals surface area contributed by atoms with Crippen LogP contribution in [0, 0.1) is 17.3 Å². The number of pyridine rings is 1. The second kappa shape index (κ2) is 7.46. The van der Waals surface area contributed by atoms with E-state index in [0.29, 0.717) is 23.9 Å². The van der Waals surface area contributed by atoms with Crippen LogP contribution < -0.4 is 0 Å². The number of rotatable bonds is 2. The predicted molar refractivity (Wildman–Crippen MR) is 114 cm³/mol. The molecular formula is C23H22ClN3O2. The zero-order chi connectivity index (χ0) is 20.6. The summed E-state index contributed by atoms with van der Waals surface area (Å²) < 4.78 is 6.88. The van der Waals surface area contributed by atoms with Crippen LogP contribution in [-0.4, -0.2) is 33.3 Å². The Morgan fingerprint density at radius 3 is 2.72 bits per heavy atom. The van der Waals surface area contributed by atoms with Crippen molar-refractivity contribution in [1.82, 2.24) is 14.3 Å². The average Bonchev–Trinajstić information content (AvgIpc) is 3.34. The number of aromatic nitrogens is 2. The highest BCUT2D eigenvalue weighted by atomic mass is 35.5. The molecular weight excluding hydrogens is 386 g/mol. The van der Waals surface area contributed by atoms with Gasteiger partial charge in [0.15, 0.2) is 5.69 Å². The normalized spacial score (nSPS) is 14.5. The van der Waals surface area contributed by atoms with Gasteiger partial charge in [-0.2, -0.15) is 0 Å². The van der Waals surface area contributed by atoms with Crippen LogP contribution in [0.5, 0.6) is 0 Å². The Morgan fingerprint density at radius 2 is 2.07 bits per heavy atom. The molecule has 0 saturated heterocycles. The fraction of sp³-hybridized carbons (Fsp3) is 0.304. The molecule has 0 atom stereocenters. The van der Waals surface area contributed by atoms with Gasteiger partial charge in [-0.1, -0.05) is 29.5 Å². The molecule has 0 fully saturated rings. The van der Waals surface area contributed by atoms with E-state index in [4.69, 9.17) is 16.0 Å². The standard InChI is InChI=1S/C23H22ClN3O2/c1-23(2,3)10-6-16-7-11-26(12-8-16)22(28)20-21(24)27-14-17(4-5-19(27)25-20)18-9-13-29-15-18/h4-5,7,9,13-15H,8,11-12H2,1-3H3. The Bertz CT molecular complexity index is 1150. The molecule has 0 unspecified atom stereocenters. The first-order chi connectivity index (χ1) is 13.8. The van der Waals surface area contributed by atoms with Crippen molar-refractivity contribution in [2.24, 2.45) is 5.41 Å². The molecule has 6 heteroatoms. The maximum atomic E-state index is 13.0. The van der Waals surface area contributed by atoms with Gasteiger partial charge in [-0.3, -0.25) is 9.20 Å². The first-order valence-corrected chi connectivity index (χ1v) is 9.91. The summed E-state index contributed by atoms with van der Waals surface area (Å²) in [6, 6.07) is 5.65. The molecule has 29 heavy (non-hydrogen) atoms. The summed E-state index contributed by atoms with van der Waals surface area (Å²) in [6.45, 7) is 7.37. The molecule has 1 aliphatic rings. The first-order valence-electron chi connectivity index (χ1n) is 9.53. The van der Waals surface area contributed by atoms with E-state index in [9.17, 15) is 4.79 Å². The van der Waals surface area contributed by atoms with Crippen molar-refractivity contribution in [2.75, 3.05) is 13.1 Å². The van der Waals surface area contributed by atoms with E-state index in [2.05, 4.69) is 37.6 Å². The molecule has 0 aliphatic carbocycles. The van der Waals surface area contributed by atoms with Gasteiger partial charge in [-0.05, 0) is 45.4 Å². The molecule has 148 valence electrons. The van der Waals surface area contributed by atoms with Gasteiger partial charge in [-0.15, -0.1) is 0 Å². The van der Waals surface area contributed by atoms with Crippen LogP contribution in [0.4, 0.5) is 0 Å². The largest absolute Gasteiger partial charge is 0.472 e. The minimum atomic E-state index is -0.164. The zero-order valence-electron chi connectivity index (χ0n) is 16.7. The quantitative estimate of drug-likeness (QED) is 0.557. The SMILES string of the molecule is CC(C)(C)C#CC1=CCN(C(=O)c2nc3ccc(-c4ccoc4)cn3c2Cl)CC1. The van der Waals surface area contributed by atoms with E-state index in [1.807, 2.05) is 30.5 Å². The van der Waals surface area contributed by atoms with Gasteiger partial charge in [0, 0.05) is 41.4 Å². The van der Waals surface area contributed by atoms with Gasteiger partial charge in [0.25, 0.3) is 5.91 Å². The minimum absolute atomic E-state index is 0.0346. The Morgan fingerprint density at radius 1 is 1.24 bits per heavy atom. The topological polar surface area (TPSA) is 50.8 Å². The molecule has 0 bridgehead atoms. The highest BCUT2D eigenvalue weighted by molar-refractivity contribution is 6.33. The van der Waals surface area contributed by atoms with E-state index in [1.54, 1.807) is 21.8 Å². The van der Waals surface area contributed by atoms with Crippen molar-refractivity contribution < 1.29 is 9.21 Å². The molecule has 0 radical (unpaired) electrons. The number of imidazole rings is 1. The summed E-state index contributed by atoms with van der Waals surface area (Å²) in [6.07, 6.45) is 7.90. The maximum Gasteiger partial charge on any atom is 0.275 e. The molecule has 4 heterocycles. The second-order valence-electron chi connectivity index (χ2n) is 8.14. The monoisotopic (exact) mass is 407 g/mol. The van der Waals surface area contributed by atoms with Crippen molar-refractivity contribution in [3.05, 3.63) is 59.4 Å². The van der Waals surface area contributed by atoms with Gasteiger partial charge in [0.2, 0.25) is 0 Å². The van der Waals surface area contributed by atoms with Crippen LogP contribution in [0.2, 0.25) is 5.15 Å². The fourth-order valence-electron chi connectivity index (χ4n) is 3.14. The van der Waals surface area contributed by atoms with E-state index >= 15 is 0 Å². The Hall–Kier alpha value is -2.97. The van der Waals surface area contributed by atoms with Crippen molar-refractivity contribution >= 4 is 23.2 Å². The number of fused-ring (bicyclic) bond motifs is 1. The second-order valence-corrected chi connectivity index (χ2v) is 8.50. The lowest BCUT2D eigenvalue weighted by Gasteiger charge is -2.24. The number of hydrogen-bond donors (Lipinski definition) is 0. The molecule has 4 rings (SSSR count). The van der Waals surface area contributed by atoms with E-state index in [-0.39, 0.29) is 17.0 Å². The average molecular weight is 408 g/mol. The minimum Gasteiger partial charge on any atom is -0.472 e. The number of amides is 1. The summed E-state index contributed by atoms with van der Waals surface area (Å²) in [5.74, 6) is 6.31. The number of nitrogens with zero attached hydrogens (tertiary/aromatic N) is 3. The van der Waals surface area contributed by atoms with E-state index < -0.39 is 0 Å². The third-order valence-electron chi connectivity index (χ3n) is 4.71. The lowest BCUT2D eigenvalue weighted by Crippen LogP contribution is -2.35. The lowest BCUT2D eigenvalue weighted by molar-refractivity contribution is 0.0765. The summed E-state index contributed by atoms with van der Waals surface area (Å²) in [5.41, 5.74) is 3.83. The molecule has 3 aromatic rings. The van der Waals surface area contributed by atoms with E-state index in [0.717, 1.165) is 23.1 Å². The highest BCUT2D eigenvalue weighted by Gasteiger charge is 2.24.